The third-order valence-electron chi connectivity index (χ3n) is 7.06. The molecule has 154 valence electrons. The van der Waals surface area contributed by atoms with E-state index in [0.29, 0.717) is 23.0 Å². The number of rotatable bonds is 3. The summed E-state index contributed by atoms with van der Waals surface area (Å²) in [7, 11) is 0. The number of nitrogens with zero attached hydrogens (tertiary/aromatic N) is 1. The predicted octanol–water partition coefficient (Wildman–Crippen LogP) is 3.15. The van der Waals surface area contributed by atoms with E-state index in [1.54, 1.807) is 31.2 Å². The van der Waals surface area contributed by atoms with Crippen molar-refractivity contribution in [3.8, 4) is 0 Å². The Morgan fingerprint density at radius 1 is 1.07 bits per heavy atom. The van der Waals surface area contributed by atoms with Crippen molar-refractivity contribution in [1.29, 1.82) is 0 Å². The van der Waals surface area contributed by atoms with Crippen LogP contribution in [-0.2, 0) is 10.3 Å². The minimum atomic E-state index is -1.17. The molecule has 2 aromatic carbocycles. The zero-order chi connectivity index (χ0) is 20.9. The van der Waals surface area contributed by atoms with Gasteiger partial charge in [-0.1, -0.05) is 48.9 Å². The van der Waals surface area contributed by atoms with Crippen LogP contribution in [0.1, 0.15) is 53.6 Å². The molecular weight excluding hydrogens is 378 g/mol. The number of amides is 4. The number of hydrogen-bond acceptors (Lipinski definition) is 3. The first kappa shape index (κ1) is 18.9. The van der Waals surface area contributed by atoms with Crippen LogP contribution in [0.4, 0.5) is 4.79 Å². The van der Waals surface area contributed by atoms with Crippen molar-refractivity contribution in [3.05, 3.63) is 71.3 Å². The second kappa shape index (κ2) is 6.97. The van der Waals surface area contributed by atoms with E-state index in [1.807, 2.05) is 11.0 Å². The fraction of sp³-hybridized carbons (Fsp3) is 0.375. The summed E-state index contributed by atoms with van der Waals surface area (Å²) in [5.41, 5.74) is 1.30. The molecule has 3 fully saturated rings. The Hall–Kier alpha value is -3.15. The molecular formula is C24H25N3O3. The van der Waals surface area contributed by atoms with Crippen molar-refractivity contribution in [1.82, 2.24) is 15.5 Å². The van der Waals surface area contributed by atoms with Crippen LogP contribution >= 0.6 is 0 Å². The smallest absolute Gasteiger partial charge is 0.322 e. The zero-order valence-electron chi connectivity index (χ0n) is 16.9. The van der Waals surface area contributed by atoms with Gasteiger partial charge in [0.1, 0.15) is 5.54 Å². The number of urea groups is 1. The summed E-state index contributed by atoms with van der Waals surface area (Å²) < 4.78 is 0. The van der Waals surface area contributed by atoms with E-state index in [-0.39, 0.29) is 11.9 Å². The Kier molecular flexibility index (Phi) is 4.38. The topological polar surface area (TPSA) is 78.5 Å². The number of carbonyl (C=O) groups is 3. The molecule has 1 saturated carbocycles. The molecule has 2 aliphatic heterocycles. The summed E-state index contributed by atoms with van der Waals surface area (Å²) in [5, 5.41) is 4.95. The summed E-state index contributed by atoms with van der Waals surface area (Å²) in [4.78, 5) is 39.5. The Balaban J connectivity index is 1.44. The summed E-state index contributed by atoms with van der Waals surface area (Å²) in [6.07, 6.45) is 3.33. The lowest BCUT2D eigenvalue weighted by molar-refractivity contribution is -0.123. The molecule has 4 unspecified atom stereocenters. The summed E-state index contributed by atoms with van der Waals surface area (Å²) >= 11 is 0. The Labute approximate surface area is 175 Å². The summed E-state index contributed by atoms with van der Waals surface area (Å²) in [5.74, 6) is 0.457. The van der Waals surface area contributed by atoms with Gasteiger partial charge in [-0.2, -0.15) is 0 Å². The number of hydrogen-bond donors (Lipinski definition) is 2. The lowest BCUT2D eigenvalue weighted by Crippen LogP contribution is -2.41. The Bertz CT molecular complexity index is 1020. The van der Waals surface area contributed by atoms with E-state index in [2.05, 4.69) is 34.9 Å². The first-order valence-electron chi connectivity index (χ1n) is 10.6. The van der Waals surface area contributed by atoms with Gasteiger partial charge in [0.25, 0.3) is 11.8 Å². The zero-order valence-corrected chi connectivity index (χ0v) is 16.9. The molecule has 6 nitrogen and oxygen atoms in total. The van der Waals surface area contributed by atoms with Crippen LogP contribution in [-0.4, -0.2) is 35.3 Å². The molecule has 0 bridgehead atoms. The van der Waals surface area contributed by atoms with Gasteiger partial charge in [-0.15, -0.1) is 0 Å². The molecule has 2 saturated heterocycles. The van der Waals surface area contributed by atoms with Crippen LogP contribution in [0, 0.1) is 5.92 Å². The minimum absolute atomic E-state index is 0.000475. The van der Waals surface area contributed by atoms with Crippen molar-refractivity contribution in [2.45, 2.75) is 43.7 Å². The molecule has 4 atom stereocenters. The van der Waals surface area contributed by atoms with Crippen LogP contribution < -0.4 is 10.6 Å². The van der Waals surface area contributed by atoms with Crippen LogP contribution in [0.15, 0.2) is 54.6 Å². The lowest BCUT2D eigenvalue weighted by atomic mass is 9.87. The van der Waals surface area contributed by atoms with Gasteiger partial charge in [-0.3, -0.25) is 14.9 Å². The molecule has 3 aliphatic rings. The number of likely N-dealkylation sites (tertiary alicyclic amines) is 1. The Morgan fingerprint density at radius 2 is 1.87 bits per heavy atom. The van der Waals surface area contributed by atoms with E-state index >= 15 is 0 Å². The average Bonchev–Trinajstić information content (AvgIpc) is 3.43. The monoisotopic (exact) mass is 403 g/mol. The van der Waals surface area contributed by atoms with Crippen LogP contribution in [0.3, 0.4) is 0 Å². The van der Waals surface area contributed by atoms with Crippen LogP contribution in [0.25, 0.3) is 0 Å². The predicted molar refractivity (Wildman–Crippen MR) is 112 cm³/mol. The molecule has 2 aromatic rings. The molecule has 0 aromatic heterocycles. The number of benzene rings is 2. The van der Waals surface area contributed by atoms with E-state index in [4.69, 9.17) is 0 Å². The first-order valence-corrected chi connectivity index (χ1v) is 10.6. The SMILES string of the molecule is CC1(c2cccc(C(=O)N3CC(c4ccccc4)C4CCCC43)c2)NC(=O)NC1=O. The van der Waals surface area contributed by atoms with Gasteiger partial charge < -0.3 is 10.2 Å². The van der Waals surface area contributed by atoms with E-state index in [9.17, 15) is 14.4 Å². The van der Waals surface area contributed by atoms with E-state index in [1.165, 1.54) is 5.56 Å². The average molecular weight is 403 g/mol. The second-order valence-corrected chi connectivity index (χ2v) is 8.75. The van der Waals surface area contributed by atoms with Crippen molar-refractivity contribution in [3.63, 3.8) is 0 Å². The van der Waals surface area contributed by atoms with Gasteiger partial charge in [0, 0.05) is 24.1 Å². The lowest BCUT2D eigenvalue weighted by Gasteiger charge is -2.25. The second-order valence-electron chi connectivity index (χ2n) is 8.75. The van der Waals surface area contributed by atoms with E-state index < -0.39 is 17.5 Å². The maximum absolute atomic E-state index is 13.5. The van der Waals surface area contributed by atoms with Crippen molar-refractivity contribution in [2.24, 2.45) is 5.92 Å². The molecule has 4 amide bonds. The number of nitrogens with one attached hydrogen (secondary N) is 2. The van der Waals surface area contributed by atoms with Gasteiger partial charge in [-0.05, 0) is 48.9 Å². The summed E-state index contributed by atoms with van der Waals surface area (Å²) in [6.45, 7) is 2.38. The largest absolute Gasteiger partial charge is 0.335 e. The molecule has 6 heteroatoms. The van der Waals surface area contributed by atoms with Crippen molar-refractivity contribution < 1.29 is 14.4 Å². The van der Waals surface area contributed by atoms with E-state index in [0.717, 1.165) is 25.8 Å². The normalized spacial score (nSPS) is 30.2. The van der Waals surface area contributed by atoms with Crippen LogP contribution in [0.2, 0.25) is 0 Å². The highest BCUT2D eigenvalue weighted by atomic mass is 16.2. The van der Waals surface area contributed by atoms with Gasteiger partial charge in [0.15, 0.2) is 0 Å². The fourth-order valence-corrected chi connectivity index (χ4v) is 5.47. The Morgan fingerprint density at radius 3 is 2.60 bits per heavy atom. The molecule has 1 aliphatic carbocycles. The van der Waals surface area contributed by atoms with Gasteiger partial charge >= 0.3 is 6.03 Å². The molecule has 0 radical (unpaired) electrons. The molecule has 2 heterocycles. The van der Waals surface area contributed by atoms with Crippen molar-refractivity contribution in [2.75, 3.05) is 6.54 Å². The van der Waals surface area contributed by atoms with Crippen LogP contribution in [0.5, 0.6) is 0 Å². The quantitative estimate of drug-likeness (QED) is 0.773. The third-order valence-corrected chi connectivity index (χ3v) is 7.06. The van der Waals surface area contributed by atoms with Gasteiger partial charge in [0.2, 0.25) is 0 Å². The highest BCUT2D eigenvalue weighted by Crippen LogP contribution is 2.46. The van der Waals surface area contributed by atoms with Gasteiger partial charge in [0.05, 0.1) is 0 Å². The molecule has 30 heavy (non-hydrogen) atoms. The summed E-state index contributed by atoms with van der Waals surface area (Å²) in [6, 6.07) is 17.3. The molecule has 2 N–H and O–H groups in total. The highest BCUT2D eigenvalue weighted by molar-refractivity contribution is 6.07. The number of fused-ring (bicyclic) bond motifs is 1. The minimum Gasteiger partial charge on any atom is -0.335 e. The molecule has 5 rings (SSSR count). The fourth-order valence-electron chi connectivity index (χ4n) is 5.47. The standard InChI is InChI=1S/C24H25N3O3/c1-24(22(29)25-23(30)26-24)17-10-5-9-16(13-17)21(28)27-14-19(15-7-3-2-4-8-15)18-11-6-12-20(18)27/h2-5,7-10,13,18-20H,6,11-12,14H2,1H3,(H2,25,26,29,30). The van der Waals surface area contributed by atoms with Gasteiger partial charge in [-0.25, -0.2) is 4.79 Å². The maximum atomic E-state index is 13.5. The molecule has 0 spiro atoms. The number of carbonyl (C=O) groups excluding carboxylic acids is 3. The van der Waals surface area contributed by atoms with Crippen molar-refractivity contribution >= 4 is 17.8 Å². The maximum Gasteiger partial charge on any atom is 0.322 e. The highest BCUT2D eigenvalue weighted by Gasteiger charge is 2.47. The third kappa shape index (κ3) is 2.90. The first-order chi connectivity index (χ1) is 14.5. The number of imide groups is 1.